The van der Waals surface area contributed by atoms with E-state index in [1.807, 2.05) is 0 Å². The van der Waals surface area contributed by atoms with Crippen molar-refractivity contribution in [1.29, 1.82) is 0 Å². The van der Waals surface area contributed by atoms with E-state index >= 15 is 0 Å². The molecule has 0 saturated carbocycles. The summed E-state index contributed by atoms with van der Waals surface area (Å²) in [6.45, 7) is 4.46. The Bertz CT molecular complexity index is 2760. The van der Waals surface area contributed by atoms with Gasteiger partial charge in [-0.1, -0.05) is 193 Å². The van der Waals surface area contributed by atoms with Crippen LogP contribution in [-0.4, -0.2) is 0 Å². The van der Waals surface area contributed by atoms with Crippen LogP contribution < -0.4 is 0 Å². The van der Waals surface area contributed by atoms with E-state index in [2.05, 4.69) is 208 Å². The molecular formula is C56H38. The molecule has 4 aliphatic carbocycles. The molecule has 262 valence electrons. The molecule has 8 aromatic rings. The van der Waals surface area contributed by atoms with Crippen molar-refractivity contribution in [2.24, 2.45) is 0 Å². The van der Waals surface area contributed by atoms with E-state index in [1.54, 1.807) is 0 Å². The lowest BCUT2D eigenvalue weighted by atomic mass is 9.65. The van der Waals surface area contributed by atoms with Crippen LogP contribution in [0, 0.1) is 13.8 Å². The molecule has 0 nitrogen and oxygen atoms in total. The molecule has 0 aromatic heterocycles. The zero-order valence-corrected chi connectivity index (χ0v) is 31.5. The van der Waals surface area contributed by atoms with Crippen molar-refractivity contribution in [3.05, 3.63) is 248 Å². The summed E-state index contributed by atoms with van der Waals surface area (Å²) in [6.07, 6.45) is 9.35. The van der Waals surface area contributed by atoms with E-state index in [0.29, 0.717) is 0 Å². The van der Waals surface area contributed by atoms with Crippen LogP contribution in [0.2, 0.25) is 0 Å². The van der Waals surface area contributed by atoms with E-state index < -0.39 is 10.8 Å². The average Bonchev–Trinajstić information content (AvgIpc) is 3.59. The minimum Gasteiger partial charge on any atom is -0.0619 e. The molecule has 0 bridgehead atoms. The van der Waals surface area contributed by atoms with Crippen LogP contribution in [0.4, 0.5) is 0 Å². The van der Waals surface area contributed by atoms with Crippen LogP contribution in [0.3, 0.4) is 0 Å². The smallest absolute Gasteiger partial charge is 0.0619 e. The lowest BCUT2D eigenvalue weighted by Crippen LogP contribution is -2.30. The summed E-state index contributed by atoms with van der Waals surface area (Å²) in [7, 11) is 0. The molecule has 56 heavy (non-hydrogen) atoms. The van der Waals surface area contributed by atoms with Gasteiger partial charge >= 0.3 is 0 Å². The standard InChI is InChI=1S/C56H38/c1-35-19-21-37-23-25-39-27-29-41(33-53(39)55(51(37)31-35)47-15-7-3-11-43(47)44-12-4-8-16-48(44)55)42-30-28-40-26-24-38-22-20-36(2)32-52(38)56(54(40)34-42)49-17-9-5-13-45(49)46-14-6-10-18-50(46)56/h3-34H,1-2H3. The first-order valence-electron chi connectivity index (χ1n) is 19.8. The maximum absolute atomic E-state index is 2.52. The van der Waals surface area contributed by atoms with Gasteiger partial charge in [0.15, 0.2) is 0 Å². The highest BCUT2D eigenvalue weighted by atomic mass is 14.5. The van der Waals surface area contributed by atoms with Crippen molar-refractivity contribution in [3.8, 4) is 33.4 Å². The summed E-state index contributed by atoms with van der Waals surface area (Å²) in [5.74, 6) is 0. The predicted molar refractivity (Wildman–Crippen MR) is 234 cm³/mol. The molecular weight excluding hydrogens is 673 g/mol. The maximum atomic E-state index is 2.52. The van der Waals surface area contributed by atoms with Crippen molar-refractivity contribution >= 4 is 24.3 Å². The van der Waals surface area contributed by atoms with Crippen molar-refractivity contribution in [1.82, 2.24) is 0 Å². The van der Waals surface area contributed by atoms with Crippen LogP contribution in [0.15, 0.2) is 170 Å². The van der Waals surface area contributed by atoms with E-state index in [0.717, 1.165) is 0 Å². The zero-order chi connectivity index (χ0) is 37.2. The first-order chi connectivity index (χ1) is 27.6. The number of benzene rings is 8. The van der Waals surface area contributed by atoms with Gasteiger partial charge in [-0.15, -0.1) is 0 Å². The maximum Gasteiger partial charge on any atom is 0.0725 e. The third-order valence-electron chi connectivity index (χ3n) is 13.3. The molecule has 0 aliphatic heterocycles. The molecule has 4 aliphatic rings. The molecule has 0 N–H and O–H groups in total. The highest BCUT2D eigenvalue weighted by molar-refractivity contribution is 5.94. The van der Waals surface area contributed by atoms with E-state index in [9.17, 15) is 0 Å². The number of hydrogen-bond donors (Lipinski definition) is 0. The Hall–Kier alpha value is -6.76. The fraction of sp³-hybridized carbons (Fsp3) is 0.0714. The zero-order valence-electron chi connectivity index (χ0n) is 31.5. The summed E-state index contributed by atoms with van der Waals surface area (Å²) in [4.78, 5) is 0. The van der Waals surface area contributed by atoms with Crippen molar-refractivity contribution in [2.45, 2.75) is 24.7 Å². The third kappa shape index (κ3) is 3.98. The Morgan fingerprint density at radius 1 is 0.268 bits per heavy atom. The number of rotatable bonds is 1. The molecule has 0 atom stereocenters. The van der Waals surface area contributed by atoms with Gasteiger partial charge in [0.05, 0.1) is 10.8 Å². The summed E-state index contributed by atoms with van der Waals surface area (Å²) in [5, 5.41) is 0. The molecule has 8 aromatic carbocycles. The second-order valence-corrected chi connectivity index (χ2v) is 16.1. The monoisotopic (exact) mass is 710 g/mol. The second-order valence-electron chi connectivity index (χ2n) is 16.1. The number of aryl methyl sites for hydroxylation is 2. The molecule has 0 heteroatoms. The summed E-state index contributed by atoms with van der Waals surface area (Å²) in [5.41, 5.74) is 25.1. The minimum atomic E-state index is -0.473. The van der Waals surface area contributed by atoms with Gasteiger partial charge in [0, 0.05) is 0 Å². The van der Waals surface area contributed by atoms with Gasteiger partial charge in [-0.05, 0) is 126 Å². The Labute approximate surface area is 328 Å². The molecule has 0 saturated heterocycles. The number of fused-ring (bicyclic) bond motifs is 18. The van der Waals surface area contributed by atoms with Gasteiger partial charge in [0.1, 0.15) is 0 Å². The van der Waals surface area contributed by atoms with Gasteiger partial charge in [-0.3, -0.25) is 0 Å². The van der Waals surface area contributed by atoms with Gasteiger partial charge in [0.25, 0.3) is 0 Å². The Morgan fingerprint density at radius 3 is 0.893 bits per heavy atom. The van der Waals surface area contributed by atoms with Gasteiger partial charge in [-0.25, -0.2) is 0 Å². The fourth-order valence-corrected chi connectivity index (χ4v) is 11.0. The van der Waals surface area contributed by atoms with Gasteiger partial charge in [-0.2, -0.15) is 0 Å². The Kier molecular flexibility index (Phi) is 6.42. The minimum absolute atomic E-state index is 0.473. The third-order valence-corrected chi connectivity index (χ3v) is 13.3. The van der Waals surface area contributed by atoms with Crippen LogP contribution in [0.1, 0.15) is 77.9 Å². The molecule has 0 fully saturated rings. The van der Waals surface area contributed by atoms with Crippen LogP contribution in [0.25, 0.3) is 57.7 Å². The Morgan fingerprint density at radius 2 is 0.554 bits per heavy atom. The molecule has 2 spiro atoms. The summed E-state index contributed by atoms with van der Waals surface area (Å²) in [6, 6.07) is 64.9. The first-order valence-corrected chi connectivity index (χ1v) is 19.8. The van der Waals surface area contributed by atoms with Crippen molar-refractivity contribution in [3.63, 3.8) is 0 Å². The second kappa shape index (κ2) is 11.4. The lowest BCUT2D eigenvalue weighted by Gasteiger charge is -2.36. The molecule has 0 unspecified atom stereocenters. The molecule has 0 radical (unpaired) electrons. The van der Waals surface area contributed by atoms with Gasteiger partial charge in [0.2, 0.25) is 0 Å². The molecule has 12 rings (SSSR count). The number of hydrogen-bond acceptors (Lipinski definition) is 0. The SMILES string of the molecule is Cc1ccc2c(c1)C1(c3cc(-c4ccc5c(c4)C4(c6cc(C)ccc6C=C5)c5ccccc5-c5ccccc54)ccc3C=C2)c2ccccc2-c2ccccc21. The summed E-state index contributed by atoms with van der Waals surface area (Å²) < 4.78 is 0. The molecule has 0 amide bonds. The van der Waals surface area contributed by atoms with Crippen molar-refractivity contribution in [2.75, 3.05) is 0 Å². The van der Waals surface area contributed by atoms with E-state index in [-0.39, 0.29) is 0 Å². The van der Waals surface area contributed by atoms with Crippen LogP contribution in [-0.2, 0) is 10.8 Å². The highest BCUT2D eigenvalue weighted by Crippen LogP contribution is 2.61. The normalized spacial score (nSPS) is 15.1. The highest BCUT2D eigenvalue weighted by Gasteiger charge is 2.50. The van der Waals surface area contributed by atoms with Gasteiger partial charge < -0.3 is 0 Å². The van der Waals surface area contributed by atoms with Crippen molar-refractivity contribution < 1.29 is 0 Å². The Balaban J connectivity index is 1.16. The summed E-state index contributed by atoms with van der Waals surface area (Å²) >= 11 is 0. The predicted octanol–water partition coefficient (Wildman–Crippen LogP) is 13.7. The topological polar surface area (TPSA) is 0 Å². The van der Waals surface area contributed by atoms with E-state index in [1.165, 1.54) is 111 Å². The first kappa shape index (κ1) is 31.6. The quantitative estimate of drug-likeness (QED) is 0.159. The average molecular weight is 711 g/mol. The van der Waals surface area contributed by atoms with E-state index in [4.69, 9.17) is 0 Å². The molecule has 0 heterocycles. The van der Waals surface area contributed by atoms with Crippen LogP contribution in [0.5, 0.6) is 0 Å². The lowest BCUT2D eigenvalue weighted by molar-refractivity contribution is 0.764. The van der Waals surface area contributed by atoms with Crippen LogP contribution >= 0.6 is 0 Å². The fourth-order valence-electron chi connectivity index (χ4n) is 11.0. The largest absolute Gasteiger partial charge is 0.0725 e.